The van der Waals surface area contributed by atoms with Crippen molar-refractivity contribution in [3.63, 3.8) is 0 Å². The lowest BCUT2D eigenvalue weighted by molar-refractivity contribution is -0.147. The Morgan fingerprint density at radius 2 is 1.05 bits per heavy atom. The largest absolute Gasteiger partial charge is 0.472 e. The molecule has 0 radical (unpaired) electrons. The molecule has 0 aliphatic rings. The summed E-state index contributed by atoms with van der Waals surface area (Å²) in [6.07, 6.45) is 29.1. The number of hydrogen-bond donors (Lipinski definition) is 3. The van der Waals surface area contributed by atoms with Crippen LogP contribution in [-0.2, 0) is 27.9 Å². The first kappa shape index (κ1) is 43.0. The Bertz CT molecular complexity index is 709. The van der Waals surface area contributed by atoms with E-state index in [2.05, 4.69) is 12.2 Å². The lowest BCUT2D eigenvalue weighted by Crippen LogP contribution is -2.27. The van der Waals surface area contributed by atoms with Crippen LogP contribution in [-0.4, -0.2) is 54.3 Å². The molecule has 1 amide bonds. The predicted octanol–water partition coefficient (Wildman–Crippen LogP) is 8.93. The molecule has 0 rings (SSSR count). The van der Waals surface area contributed by atoms with Gasteiger partial charge in [0, 0.05) is 19.4 Å². The third-order valence-electron chi connectivity index (χ3n) is 7.76. The van der Waals surface area contributed by atoms with Gasteiger partial charge in [-0.1, -0.05) is 149 Å². The highest BCUT2D eigenvalue weighted by Gasteiger charge is 2.23. The SMILES string of the molecule is CCCCCCCCCCCCCCCCCCCCCCCCC(=O)OCC(O)COP(=O)(O)OCCNC(=O)CCC. The minimum Gasteiger partial charge on any atom is -0.463 e. The first-order valence-corrected chi connectivity index (χ1v) is 19.5. The standard InChI is InChI=1S/C34H68NO8P/c1-3-5-6-7-8-9-10-11-12-13-14-15-16-17-18-19-20-21-22-23-24-25-27-34(38)41-30-32(36)31-43-44(39,40)42-29-28-35-33(37)26-4-2/h32,36H,3-31H2,1-2H3,(H,35,37)(H,39,40). The molecule has 0 aliphatic heterocycles. The molecular weight excluding hydrogens is 581 g/mol. The molecule has 0 heterocycles. The second kappa shape index (κ2) is 32.0. The van der Waals surface area contributed by atoms with E-state index >= 15 is 0 Å². The van der Waals surface area contributed by atoms with Gasteiger partial charge < -0.3 is 20.1 Å². The number of hydrogen-bond acceptors (Lipinski definition) is 7. The summed E-state index contributed by atoms with van der Waals surface area (Å²) in [6, 6.07) is 0. The average Bonchev–Trinajstić information content (AvgIpc) is 3.00. The van der Waals surface area contributed by atoms with E-state index in [-0.39, 0.29) is 32.1 Å². The first-order valence-electron chi connectivity index (χ1n) is 18.0. The Kier molecular flexibility index (Phi) is 31.3. The molecule has 0 saturated heterocycles. The Hall–Kier alpha value is -0.990. The van der Waals surface area contributed by atoms with Crippen molar-refractivity contribution in [3.8, 4) is 0 Å². The van der Waals surface area contributed by atoms with Crippen molar-refractivity contribution in [2.75, 3.05) is 26.4 Å². The number of nitrogens with one attached hydrogen (secondary N) is 1. The van der Waals surface area contributed by atoms with Gasteiger partial charge >= 0.3 is 13.8 Å². The van der Waals surface area contributed by atoms with E-state index in [0.717, 1.165) is 19.3 Å². The van der Waals surface area contributed by atoms with Gasteiger partial charge in [0.1, 0.15) is 12.7 Å². The zero-order chi connectivity index (χ0) is 32.6. The Balaban J connectivity index is 3.43. The van der Waals surface area contributed by atoms with Crippen LogP contribution in [0, 0.1) is 0 Å². The van der Waals surface area contributed by atoms with E-state index in [1.807, 2.05) is 6.92 Å². The number of ether oxygens (including phenoxy) is 1. The highest BCUT2D eigenvalue weighted by Crippen LogP contribution is 2.42. The quantitative estimate of drug-likeness (QED) is 0.0358. The maximum atomic E-state index is 11.9. The molecule has 0 spiro atoms. The molecule has 9 nitrogen and oxygen atoms in total. The molecule has 44 heavy (non-hydrogen) atoms. The summed E-state index contributed by atoms with van der Waals surface area (Å²) in [5.41, 5.74) is 0. The molecule has 2 unspecified atom stereocenters. The van der Waals surface area contributed by atoms with Crippen LogP contribution in [0.3, 0.4) is 0 Å². The van der Waals surface area contributed by atoms with E-state index in [0.29, 0.717) is 12.8 Å². The number of esters is 1. The second-order valence-corrected chi connectivity index (χ2v) is 13.7. The summed E-state index contributed by atoms with van der Waals surface area (Å²) in [7, 11) is -4.37. The zero-order valence-corrected chi connectivity index (χ0v) is 29.3. The predicted molar refractivity (Wildman–Crippen MR) is 178 cm³/mol. The third kappa shape index (κ3) is 32.4. The van der Waals surface area contributed by atoms with Gasteiger partial charge in [-0.2, -0.15) is 0 Å². The molecule has 0 aliphatic carbocycles. The maximum Gasteiger partial charge on any atom is 0.472 e. The van der Waals surface area contributed by atoms with Gasteiger partial charge in [0.05, 0.1) is 13.2 Å². The average molecular weight is 650 g/mol. The molecule has 3 N–H and O–H groups in total. The van der Waals surface area contributed by atoms with Crippen LogP contribution in [0.15, 0.2) is 0 Å². The first-order chi connectivity index (χ1) is 21.3. The van der Waals surface area contributed by atoms with Crippen LogP contribution in [0.5, 0.6) is 0 Å². The van der Waals surface area contributed by atoms with Gasteiger partial charge in [-0.15, -0.1) is 0 Å². The van der Waals surface area contributed by atoms with Crippen molar-refractivity contribution < 1.29 is 37.9 Å². The van der Waals surface area contributed by atoms with E-state index in [4.69, 9.17) is 13.8 Å². The molecule has 0 aromatic carbocycles. The number of aliphatic hydroxyl groups is 1. The number of phosphoric ester groups is 1. The molecule has 0 fully saturated rings. The number of unbranched alkanes of at least 4 members (excludes halogenated alkanes) is 21. The summed E-state index contributed by atoms with van der Waals surface area (Å²) in [4.78, 5) is 32.9. The fourth-order valence-electron chi connectivity index (χ4n) is 5.07. The highest BCUT2D eigenvalue weighted by molar-refractivity contribution is 7.47. The van der Waals surface area contributed by atoms with Crippen molar-refractivity contribution in [1.82, 2.24) is 5.32 Å². The molecule has 0 bridgehead atoms. The fourth-order valence-corrected chi connectivity index (χ4v) is 5.83. The summed E-state index contributed by atoms with van der Waals surface area (Å²) in [5.74, 6) is -0.564. The van der Waals surface area contributed by atoms with Crippen molar-refractivity contribution in [2.24, 2.45) is 0 Å². The van der Waals surface area contributed by atoms with E-state index in [1.165, 1.54) is 122 Å². The second-order valence-electron chi connectivity index (χ2n) is 12.2. The molecule has 0 aromatic heterocycles. The van der Waals surface area contributed by atoms with Crippen molar-refractivity contribution in [2.45, 2.75) is 180 Å². The smallest absolute Gasteiger partial charge is 0.463 e. The summed E-state index contributed by atoms with van der Waals surface area (Å²) in [5, 5.41) is 12.4. The molecule has 0 saturated carbocycles. The van der Waals surface area contributed by atoms with E-state index in [1.54, 1.807) is 0 Å². The number of phosphoric acid groups is 1. The Labute approximate surface area is 269 Å². The number of rotatable bonds is 34. The van der Waals surface area contributed by atoms with Crippen molar-refractivity contribution in [3.05, 3.63) is 0 Å². The van der Waals surface area contributed by atoms with Crippen LogP contribution in [0.1, 0.15) is 174 Å². The monoisotopic (exact) mass is 649 g/mol. The lowest BCUT2D eigenvalue weighted by atomic mass is 10.0. The summed E-state index contributed by atoms with van der Waals surface area (Å²) >= 11 is 0. The minimum absolute atomic E-state index is 0.0759. The van der Waals surface area contributed by atoms with Crippen LogP contribution >= 0.6 is 7.82 Å². The van der Waals surface area contributed by atoms with Gasteiger partial charge in [0.25, 0.3) is 0 Å². The number of carbonyl (C=O) groups excluding carboxylic acids is 2. The normalized spacial score (nSPS) is 13.5. The summed E-state index contributed by atoms with van der Waals surface area (Å²) in [6.45, 7) is 3.20. The van der Waals surface area contributed by atoms with Crippen LogP contribution in [0.2, 0.25) is 0 Å². The minimum atomic E-state index is -4.37. The zero-order valence-electron chi connectivity index (χ0n) is 28.4. The number of amides is 1. The van der Waals surface area contributed by atoms with Crippen LogP contribution < -0.4 is 5.32 Å². The lowest BCUT2D eigenvalue weighted by Gasteiger charge is -2.15. The molecular formula is C34H68NO8P. The Morgan fingerprint density at radius 1 is 0.614 bits per heavy atom. The third-order valence-corrected chi connectivity index (χ3v) is 8.74. The van der Waals surface area contributed by atoms with Gasteiger partial charge in [0.15, 0.2) is 0 Å². The topological polar surface area (TPSA) is 131 Å². The fraction of sp³-hybridized carbons (Fsp3) is 0.941. The molecule has 10 heteroatoms. The Morgan fingerprint density at radius 3 is 1.48 bits per heavy atom. The van der Waals surface area contributed by atoms with Crippen LogP contribution in [0.4, 0.5) is 0 Å². The van der Waals surface area contributed by atoms with Gasteiger partial charge in [-0.25, -0.2) is 4.57 Å². The maximum absolute atomic E-state index is 11.9. The van der Waals surface area contributed by atoms with Crippen LogP contribution in [0.25, 0.3) is 0 Å². The molecule has 0 aromatic rings. The molecule has 2 atom stereocenters. The van der Waals surface area contributed by atoms with E-state index < -0.39 is 26.5 Å². The van der Waals surface area contributed by atoms with Gasteiger partial charge in [0.2, 0.25) is 5.91 Å². The molecule has 262 valence electrons. The van der Waals surface area contributed by atoms with Crippen molar-refractivity contribution in [1.29, 1.82) is 0 Å². The number of carbonyl (C=O) groups is 2. The van der Waals surface area contributed by atoms with E-state index in [9.17, 15) is 24.2 Å². The van der Waals surface area contributed by atoms with Gasteiger partial charge in [-0.3, -0.25) is 18.6 Å². The van der Waals surface area contributed by atoms with Crippen molar-refractivity contribution >= 4 is 19.7 Å². The highest BCUT2D eigenvalue weighted by atomic mass is 31.2. The number of aliphatic hydroxyl groups excluding tert-OH is 1. The van der Waals surface area contributed by atoms with Gasteiger partial charge in [-0.05, 0) is 12.8 Å². The summed E-state index contributed by atoms with van der Waals surface area (Å²) < 4.78 is 26.3.